The number of nitrogens with two attached hydrogens (primary N) is 1. The van der Waals surface area contributed by atoms with Crippen molar-refractivity contribution in [3.63, 3.8) is 0 Å². The number of carbonyl (C=O) groups excluding carboxylic acids is 1. The lowest BCUT2D eigenvalue weighted by molar-refractivity contribution is 0.103. The van der Waals surface area contributed by atoms with E-state index in [1.807, 2.05) is 13.8 Å². The molecule has 94 valence electrons. The van der Waals surface area contributed by atoms with Gasteiger partial charge in [0.05, 0.1) is 4.88 Å². The van der Waals surface area contributed by atoms with Gasteiger partial charge in [0.2, 0.25) is 0 Å². The first-order chi connectivity index (χ1) is 8.47. The number of anilines is 2. The van der Waals surface area contributed by atoms with Crippen molar-refractivity contribution < 1.29 is 9.18 Å². The summed E-state index contributed by atoms with van der Waals surface area (Å²) in [6.07, 6.45) is 0. The monoisotopic (exact) mass is 264 g/mol. The fourth-order valence-electron chi connectivity index (χ4n) is 1.52. The molecule has 0 atom stereocenters. The molecule has 2 rings (SSSR count). The van der Waals surface area contributed by atoms with Crippen LogP contribution in [0.1, 0.15) is 20.1 Å². The van der Waals surface area contributed by atoms with Gasteiger partial charge in [0, 0.05) is 16.3 Å². The zero-order valence-electron chi connectivity index (χ0n) is 10.1. The summed E-state index contributed by atoms with van der Waals surface area (Å²) in [5, 5.41) is 2.68. The van der Waals surface area contributed by atoms with Crippen molar-refractivity contribution in [2.75, 3.05) is 11.1 Å². The van der Waals surface area contributed by atoms with E-state index in [1.54, 1.807) is 12.1 Å². The minimum absolute atomic E-state index is 0.270. The van der Waals surface area contributed by atoms with E-state index < -0.39 is 0 Å². The lowest BCUT2D eigenvalue weighted by Crippen LogP contribution is -2.11. The number of halogens is 1. The number of nitrogen functional groups attached to an aromatic ring is 1. The Morgan fingerprint density at radius 1 is 1.33 bits per heavy atom. The van der Waals surface area contributed by atoms with Crippen molar-refractivity contribution in [3.8, 4) is 0 Å². The fraction of sp³-hybridized carbons (Fsp3) is 0.154. The SMILES string of the molecule is Cc1ccc(F)cc1NC(=O)c1cc(N)c(C)s1. The van der Waals surface area contributed by atoms with E-state index in [0.717, 1.165) is 10.4 Å². The smallest absolute Gasteiger partial charge is 0.265 e. The van der Waals surface area contributed by atoms with Gasteiger partial charge in [0.15, 0.2) is 0 Å². The predicted molar refractivity (Wildman–Crippen MR) is 72.6 cm³/mol. The maximum absolute atomic E-state index is 13.1. The van der Waals surface area contributed by atoms with Crippen molar-refractivity contribution in [2.24, 2.45) is 0 Å². The summed E-state index contributed by atoms with van der Waals surface area (Å²) in [6.45, 7) is 3.66. The van der Waals surface area contributed by atoms with E-state index in [4.69, 9.17) is 5.73 Å². The van der Waals surface area contributed by atoms with E-state index in [0.29, 0.717) is 16.3 Å². The Bertz CT molecular complexity index is 588. The average Bonchev–Trinajstić information content (AvgIpc) is 2.64. The van der Waals surface area contributed by atoms with E-state index in [1.165, 1.54) is 23.5 Å². The Morgan fingerprint density at radius 3 is 2.67 bits per heavy atom. The van der Waals surface area contributed by atoms with Gasteiger partial charge in [-0.3, -0.25) is 4.79 Å². The van der Waals surface area contributed by atoms with Crippen LogP contribution in [0.2, 0.25) is 0 Å². The Morgan fingerprint density at radius 2 is 2.06 bits per heavy atom. The van der Waals surface area contributed by atoms with Gasteiger partial charge in [-0.15, -0.1) is 11.3 Å². The number of hydrogen-bond acceptors (Lipinski definition) is 3. The van der Waals surface area contributed by atoms with Crippen LogP contribution in [0, 0.1) is 19.7 Å². The molecule has 0 bridgehead atoms. The number of carbonyl (C=O) groups is 1. The van der Waals surface area contributed by atoms with Crippen LogP contribution in [-0.2, 0) is 0 Å². The quantitative estimate of drug-likeness (QED) is 0.874. The maximum Gasteiger partial charge on any atom is 0.265 e. The Hall–Kier alpha value is -1.88. The molecule has 5 heteroatoms. The molecule has 1 aromatic carbocycles. The molecule has 0 saturated carbocycles. The summed E-state index contributed by atoms with van der Waals surface area (Å²) in [4.78, 5) is 13.4. The third kappa shape index (κ3) is 2.51. The lowest BCUT2D eigenvalue weighted by atomic mass is 10.2. The number of amides is 1. The molecular weight excluding hydrogens is 251 g/mol. The largest absolute Gasteiger partial charge is 0.398 e. The number of thiophene rings is 1. The van der Waals surface area contributed by atoms with Crippen LogP contribution >= 0.6 is 11.3 Å². The summed E-state index contributed by atoms with van der Waals surface area (Å²) in [6, 6.07) is 5.91. The van der Waals surface area contributed by atoms with E-state index in [9.17, 15) is 9.18 Å². The first kappa shape index (κ1) is 12.6. The van der Waals surface area contributed by atoms with Crippen molar-refractivity contribution in [2.45, 2.75) is 13.8 Å². The van der Waals surface area contributed by atoms with Crippen LogP contribution in [0.15, 0.2) is 24.3 Å². The molecule has 0 aliphatic heterocycles. The predicted octanol–water partition coefficient (Wildman–Crippen LogP) is 3.34. The molecule has 0 aliphatic rings. The average molecular weight is 264 g/mol. The summed E-state index contributed by atoms with van der Waals surface area (Å²) in [7, 11) is 0. The molecule has 3 nitrogen and oxygen atoms in total. The van der Waals surface area contributed by atoms with Crippen LogP contribution in [0.4, 0.5) is 15.8 Å². The van der Waals surface area contributed by atoms with Gasteiger partial charge < -0.3 is 11.1 Å². The van der Waals surface area contributed by atoms with Crippen molar-refractivity contribution in [3.05, 3.63) is 45.4 Å². The van der Waals surface area contributed by atoms with Gasteiger partial charge in [0.25, 0.3) is 5.91 Å². The second-order valence-corrected chi connectivity index (χ2v) is 5.29. The highest BCUT2D eigenvalue weighted by atomic mass is 32.1. The van der Waals surface area contributed by atoms with E-state index in [-0.39, 0.29) is 11.7 Å². The molecule has 0 saturated heterocycles. The second kappa shape index (κ2) is 4.78. The Kier molecular flexibility index (Phi) is 3.34. The molecule has 1 heterocycles. The fourth-order valence-corrected chi connectivity index (χ4v) is 2.36. The molecule has 0 fully saturated rings. The van der Waals surface area contributed by atoms with Crippen molar-refractivity contribution in [1.29, 1.82) is 0 Å². The molecule has 1 amide bonds. The number of aryl methyl sites for hydroxylation is 2. The summed E-state index contributed by atoms with van der Waals surface area (Å²) < 4.78 is 13.1. The number of hydrogen-bond donors (Lipinski definition) is 2. The van der Waals surface area contributed by atoms with Crippen LogP contribution in [-0.4, -0.2) is 5.91 Å². The van der Waals surface area contributed by atoms with Crippen LogP contribution in [0.25, 0.3) is 0 Å². The number of rotatable bonds is 2. The highest BCUT2D eigenvalue weighted by molar-refractivity contribution is 7.14. The van der Waals surface area contributed by atoms with Crippen LogP contribution in [0.5, 0.6) is 0 Å². The normalized spacial score (nSPS) is 10.4. The highest BCUT2D eigenvalue weighted by Crippen LogP contribution is 2.25. The third-order valence-corrected chi connectivity index (χ3v) is 3.69. The third-order valence-electron chi connectivity index (χ3n) is 2.63. The van der Waals surface area contributed by atoms with Gasteiger partial charge in [0.1, 0.15) is 5.82 Å². The zero-order chi connectivity index (χ0) is 13.3. The topological polar surface area (TPSA) is 55.1 Å². The molecule has 0 aliphatic carbocycles. The Balaban J connectivity index is 2.23. The van der Waals surface area contributed by atoms with Gasteiger partial charge in [-0.25, -0.2) is 4.39 Å². The molecule has 2 aromatic rings. The van der Waals surface area contributed by atoms with Gasteiger partial charge >= 0.3 is 0 Å². The number of nitrogens with one attached hydrogen (secondary N) is 1. The summed E-state index contributed by atoms with van der Waals surface area (Å²) in [5.41, 5.74) is 7.58. The van der Waals surface area contributed by atoms with Crippen molar-refractivity contribution in [1.82, 2.24) is 0 Å². The highest BCUT2D eigenvalue weighted by Gasteiger charge is 2.12. The van der Waals surface area contributed by atoms with Crippen molar-refractivity contribution >= 4 is 28.6 Å². The van der Waals surface area contributed by atoms with Gasteiger partial charge in [-0.2, -0.15) is 0 Å². The van der Waals surface area contributed by atoms with Gasteiger partial charge in [-0.1, -0.05) is 6.07 Å². The molecule has 18 heavy (non-hydrogen) atoms. The minimum atomic E-state index is -0.377. The minimum Gasteiger partial charge on any atom is -0.398 e. The van der Waals surface area contributed by atoms with E-state index >= 15 is 0 Å². The Labute approximate surface area is 108 Å². The maximum atomic E-state index is 13.1. The molecule has 3 N–H and O–H groups in total. The molecule has 0 unspecified atom stereocenters. The molecular formula is C13H13FN2OS. The molecule has 1 aromatic heterocycles. The van der Waals surface area contributed by atoms with Crippen LogP contribution in [0.3, 0.4) is 0 Å². The standard InChI is InChI=1S/C13H13FN2OS/c1-7-3-4-9(14)5-11(7)16-13(17)12-6-10(15)8(2)18-12/h3-6H,15H2,1-2H3,(H,16,17). The summed E-state index contributed by atoms with van der Waals surface area (Å²) >= 11 is 1.32. The summed E-state index contributed by atoms with van der Waals surface area (Å²) in [5.74, 6) is -0.647. The lowest BCUT2D eigenvalue weighted by Gasteiger charge is -2.07. The zero-order valence-corrected chi connectivity index (χ0v) is 10.9. The van der Waals surface area contributed by atoms with Gasteiger partial charge in [-0.05, 0) is 37.6 Å². The first-order valence-corrected chi connectivity index (χ1v) is 6.22. The van der Waals surface area contributed by atoms with E-state index in [2.05, 4.69) is 5.32 Å². The molecule has 0 spiro atoms. The second-order valence-electron chi connectivity index (χ2n) is 4.04. The van der Waals surface area contributed by atoms with Crippen LogP contribution < -0.4 is 11.1 Å². The molecule has 0 radical (unpaired) electrons. The number of benzene rings is 1. The first-order valence-electron chi connectivity index (χ1n) is 5.41.